The monoisotopic (exact) mass is 484 g/mol. The predicted molar refractivity (Wildman–Crippen MR) is 101 cm³/mol. The van der Waals surface area contributed by atoms with E-state index in [1.54, 1.807) is 0 Å². The number of alkyl halides is 3. The Hall–Kier alpha value is -4.43. The number of aromatic nitrogens is 5. The number of hydrogen-bond acceptors (Lipinski definition) is 6. The molecule has 0 radical (unpaired) electrons. The van der Waals surface area contributed by atoms with Crippen molar-refractivity contribution in [1.29, 1.82) is 0 Å². The molecule has 0 unspecified atom stereocenters. The fourth-order valence-corrected chi connectivity index (χ4v) is 2.80. The second-order valence-electron chi connectivity index (χ2n) is 6.72. The van der Waals surface area contributed by atoms with E-state index in [9.17, 15) is 35.9 Å². The lowest BCUT2D eigenvalue weighted by molar-refractivity contribution is -0.142. The van der Waals surface area contributed by atoms with Crippen LogP contribution in [0.3, 0.4) is 0 Å². The maximum absolute atomic E-state index is 13.8. The number of benzene rings is 1. The molecule has 34 heavy (non-hydrogen) atoms. The molecule has 9 nitrogen and oxygen atoms in total. The van der Waals surface area contributed by atoms with Crippen molar-refractivity contribution in [2.24, 2.45) is 7.05 Å². The van der Waals surface area contributed by atoms with Gasteiger partial charge in [0.05, 0.1) is 17.4 Å². The van der Waals surface area contributed by atoms with Crippen molar-refractivity contribution < 1.29 is 35.6 Å². The summed E-state index contributed by atoms with van der Waals surface area (Å²) in [6, 6.07) is 3.34. The van der Waals surface area contributed by atoms with E-state index in [1.165, 1.54) is 7.05 Å². The van der Waals surface area contributed by atoms with Crippen LogP contribution in [0.4, 0.5) is 32.2 Å². The van der Waals surface area contributed by atoms with Gasteiger partial charge >= 0.3 is 11.9 Å². The van der Waals surface area contributed by atoms with E-state index in [2.05, 4.69) is 20.5 Å². The number of hydrogen-bond donors (Lipinski definition) is 1. The molecule has 0 bridgehead atoms. The number of pyridine rings is 1. The first-order valence-corrected chi connectivity index (χ1v) is 9.08. The lowest BCUT2D eigenvalue weighted by atomic mass is 10.2. The molecular formula is C19H10F6N6O3. The summed E-state index contributed by atoms with van der Waals surface area (Å²) < 4.78 is 86.7. The summed E-state index contributed by atoms with van der Waals surface area (Å²) in [6.45, 7) is 0. The molecule has 1 N–H and O–H groups in total. The number of aryl methyl sites for hydroxylation is 1. The van der Waals surface area contributed by atoms with Gasteiger partial charge < -0.3 is 9.73 Å². The van der Waals surface area contributed by atoms with E-state index in [1.807, 2.05) is 0 Å². The standard InChI is InChI=1S/C19H10F6N6O3/c1-30-18(33)34-17(29-30)13-6-14(19(23,24)25)31(28-13)8-2-3-15(26-7-8)27-16(32)9-4-11(21)12(22)5-10(9)20/h2-7H,1H3,(H,26,27,32). The minimum atomic E-state index is -4.86. The van der Waals surface area contributed by atoms with Gasteiger partial charge in [0, 0.05) is 19.2 Å². The number of nitrogens with one attached hydrogen (secondary N) is 1. The van der Waals surface area contributed by atoms with Crippen molar-refractivity contribution in [2.75, 3.05) is 5.32 Å². The zero-order valence-corrected chi connectivity index (χ0v) is 16.7. The van der Waals surface area contributed by atoms with Gasteiger partial charge in [0.2, 0.25) is 0 Å². The summed E-state index contributed by atoms with van der Waals surface area (Å²) in [7, 11) is 1.24. The van der Waals surface area contributed by atoms with Crippen molar-refractivity contribution in [3.8, 4) is 17.3 Å². The average Bonchev–Trinajstić information content (AvgIpc) is 3.35. The molecule has 176 valence electrons. The van der Waals surface area contributed by atoms with Crippen LogP contribution in [0.25, 0.3) is 17.3 Å². The van der Waals surface area contributed by atoms with E-state index in [0.717, 1.165) is 23.0 Å². The lowest BCUT2D eigenvalue weighted by Gasteiger charge is -2.11. The number of carbonyl (C=O) groups excluding carboxylic acids is 1. The van der Waals surface area contributed by atoms with Crippen LogP contribution in [0.5, 0.6) is 0 Å². The van der Waals surface area contributed by atoms with E-state index in [-0.39, 0.29) is 23.3 Å². The Balaban J connectivity index is 1.64. The molecule has 0 saturated carbocycles. The maximum Gasteiger partial charge on any atom is 0.437 e. The summed E-state index contributed by atoms with van der Waals surface area (Å²) >= 11 is 0. The van der Waals surface area contributed by atoms with Crippen molar-refractivity contribution in [3.63, 3.8) is 0 Å². The molecule has 1 amide bonds. The van der Waals surface area contributed by atoms with Crippen LogP contribution >= 0.6 is 0 Å². The van der Waals surface area contributed by atoms with Gasteiger partial charge in [-0.25, -0.2) is 27.6 Å². The highest BCUT2D eigenvalue weighted by atomic mass is 19.4. The SMILES string of the molecule is Cn1nc(-c2cc(C(F)(F)F)n(-c3ccc(NC(=O)c4cc(F)c(F)cc4F)nc3)n2)oc1=O. The molecule has 0 fully saturated rings. The summed E-state index contributed by atoms with van der Waals surface area (Å²) in [4.78, 5) is 27.3. The molecule has 0 aliphatic heterocycles. The van der Waals surface area contributed by atoms with Gasteiger partial charge in [-0.2, -0.15) is 23.0 Å². The fraction of sp³-hybridized carbons (Fsp3) is 0.105. The smallest absolute Gasteiger partial charge is 0.386 e. The molecule has 0 spiro atoms. The Morgan fingerprint density at radius 1 is 1.03 bits per heavy atom. The quantitative estimate of drug-likeness (QED) is 0.352. The highest BCUT2D eigenvalue weighted by molar-refractivity contribution is 6.03. The van der Waals surface area contributed by atoms with Crippen LogP contribution in [-0.4, -0.2) is 30.5 Å². The second-order valence-corrected chi connectivity index (χ2v) is 6.72. The van der Waals surface area contributed by atoms with Gasteiger partial charge in [-0.3, -0.25) is 4.79 Å². The van der Waals surface area contributed by atoms with Crippen LogP contribution in [-0.2, 0) is 13.2 Å². The predicted octanol–water partition coefficient (Wildman–Crippen LogP) is 3.31. The summed E-state index contributed by atoms with van der Waals surface area (Å²) in [6.07, 6.45) is -3.95. The molecule has 3 heterocycles. The van der Waals surface area contributed by atoms with E-state index >= 15 is 0 Å². The molecule has 0 aliphatic rings. The number of halogens is 6. The van der Waals surface area contributed by atoms with Crippen LogP contribution < -0.4 is 11.1 Å². The minimum absolute atomic E-state index is 0.193. The molecule has 1 aromatic carbocycles. The van der Waals surface area contributed by atoms with Crippen LogP contribution in [0.2, 0.25) is 0 Å². The Morgan fingerprint density at radius 3 is 2.32 bits per heavy atom. The zero-order chi connectivity index (χ0) is 24.8. The van der Waals surface area contributed by atoms with Gasteiger partial charge in [-0.1, -0.05) is 0 Å². The summed E-state index contributed by atoms with van der Waals surface area (Å²) in [5, 5.41) is 9.54. The summed E-state index contributed by atoms with van der Waals surface area (Å²) in [5.74, 6) is -7.00. The second kappa shape index (κ2) is 8.17. The molecule has 3 aromatic heterocycles. The first-order chi connectivity index (χ1) is 15.9. The van der Waals surface area contributed by atoms with Crippen LogP contribution in [0.15, 0.2) is 45.7 Å². The van der Waals surface area contributed by atoms with Gasteiger partial charge in [0.25, 0.3) is 11.8 Å². The third kappa shape index (κ3) is 4.26. The third-order valence-electron chi connectivity index (χ3n) is 4.40. The van der Waals surface area contributed by atoms with Gasteiger partial charge in [0.15, 0.2) is 17.3 Å². The van der Waals surface area contributed by atoms with Gasteiger partial charge in [0.1, 0.15) is 17.3 Å². The topological polar surface area (TPSA) is 108 Å². The maximum atomic E-state index is 13.8. The Labute approximate surface area is 184 Å². The van der Waals surface area contributed by atoms with Crippen molar-refractivity contribution in [2.45, 2.75) is 6.18 Å². The summed E-state index contributed by atoms with van der Waals surface area (Å²) in [5.41, 5.74) is -2.62. The first-order valence-electron chi connectivity index (χ1n) is 9.08. The van der Waals surface area contributed by atoms with E-state index < -0.39 is 52.4 Å². The number of amides is 1. The van der Waals surface area contributed by atoms with E-state index in [0.29, 0.717) is 16.8 Å². The average molecular weight is 484 g/mol. The Bertz CT molecular complexity index is 1450. The lowest BCUT2D eigenvalue weighted by Crippen LogP contribution is -2.16. The highest BCUT2D eigenvalue weighted by Gasteiger charge is 2.37. The number of nitrogens with zero attached hydrogens (tertiary/aromatic N) is 5. The highest BCUT2D eigenvalue weighted by Crippen LogP contribution is 2.33. The van der Waals surface area contributed by atoms with Crippen molar-refractivity contribution in [3.05, 3.63) is 75.8 Å². The molecule has 0 saturated heterocycles. The van der Waals surface area contributed by atoms with Gasteiger partial charge in [-0.15, -0.1) is 5.10 Å². The molecule has 15 heteroatoms. The Morgan fingerprint density at radius 2 is 1.74 bits per heavy atom. The molecular weight excluding hydrogens is 474 g/mol. The largest absolute Gasteiger partial charge is 0.437 e. The fourth-order valence-electron chi connectivity index (χ4n) is 2.80. The number of rotatable bonds is 4. The van der Waals surface area contributed by atoms with E-state index in [4.69, 9.17) is 4.42 Å². The van der Waals surface area contributed by atoms with Crippen LogP contribution in [0, 0.1) is 17.5 Å². The normalized spacial score (nSPS) is 11.6. The molecule has 0 atom stereocenters. The minimum Gasteiger partial charge on any atom is -0.386 e. The van der Waals surface area contributed by atoms with Crippen LogP contribution in [0.1, 0.15) is 16.1 Å². The number of carbonyl (C=O) groups is 1. The zero-order valence-electron chi connectivity index (χ0n) is 16.7. The number of anilines is 1. The molecule has 4 rings (SSSR count). The molecule has 0 aliphatic carbocycles. The molecule has 4 aromatic rings. The van der Waals surface area contributed by atoms with Crippen molar-refractivity contribution in [1.82, 2.24) is 24.5 Å². The third-order valence-corrected chi connectivity index (χ3v) is 4.40. The van der Waals surface area contributed by atoms with Crippen molar-refractivity contribution >= 4 is 11.7 Å². The Kier molecular flexibility index (Phi) is 5.46. The first kappa shape index (κ1) is 22.8. The van der Waals surface area contributed by atoms with Gasteiger partial charge in [-0.05, 0) is 18.2 Å².